The quantitative estimate of drug-likeness (QED) is 0.284. The molecule has 0 aliphatic carbocycles. The predicted octanol–water partition coefficient (Wildman–Crippen LogP) is 2.69. The molecular weight excluding hydrogens is 493 g/mol. The number of hydrogen-bond donors (Lipinski definition) is 2. The Bertz CT molecular complexity index is 980. The Balaban J connectivity index is 0.00000320. The molecule has 0 saturated heterocycles. The Morgan fingerprint density at radius 1 is 1.03 bits per heavy atom. The first kappa shape index (κ1) is 23.6. The van der Waals surface area contributed by atoms with E-state index in [0.29, 0.717) is 37.7 Å². The van der Waals surface area contributed by atoms with Crippen molar-refractivity contribution < 1.29 is 4.79 Å². The molecule has 0 fully saturated rings. The number of nitrogens with zero attached hydrogens (tertiary/aromatic N) is 5. The van der Waals surface area contributed by atoms with E-state index in [9.17, 15) is 4.79 Å². The second-order valence-electron chi connectivity index (χ2n) is 6.50. The molecule has 0 bridgehead atoms. The van der Waals surface area contributed by atoms with E-state index in [4.69, 9.17) is 0 Å². The zero-order chi connectivity index (χ0) is 20.6. The van der Waals surface area contributed by atoms with Crippen molar-refractivity contribution in [2.24, 2.45) is 4.99 Å². The number of aromatic nitrogens is 3. The summed E-state index contributed by atoms with van der Waals surface area (Å²) < 4.78 is 1.94. The first-order valence-corrected chi connectivity index (χ1v) is 9.77. The van der Waals surface area contributed by atoms with Gasteiger partial charge < -0.3 is 15.5 Å². The predicted molar refractivity (Wildman–Crippen MR) is 129 cm³/mol. The summed E-state index contributed by atoms with van der Waals surface area (Å²) in [7, 11) is 1.73. The molecule has 0 atom stereocenters. The third kappa shape index (κ3) is 5.68. The Morgan fingerprint density at radius 2 is 1.73 bits per heavy atom. The van der Waals surface area contributed by atoms with Gasteiger partial charge >= 0.3 is 0 Å². The lowest BCUT2D eigenvalue weighted by Gasteiger charge is -2.18. The first-order chi connectivity index (χ1) is 14.2. The van der Waals surface area contributed by atoms with E-state index in [1.807, 2.05) is 71.8 Å². The Kier molecular flexibility index (Phi) is 9.03. The highest BCUT2D eigenvalue weighted by molar-refractivity contribution is 14.0. The lowest BCUT2D eigenvalue weighted by Crippen LogP contribution is -2.36. The van der Waals surface area contributed by atoms with Crippen molar-refractivity contribution in [3.63, 3.8) is 0 Å². The summed E-state index contributed by atoms with van der Waals surface area (Å²) in [6.07, 6.45) is 1.93. The number of carbonyl (C=O) groups is 1. The van der Waals surface area contributed by atoms with Gasteiger partial charge in [-0.2, -0.15) is 0 Å². The molecule has 1 aromatic carbocycles. The van der Waals surface area contributed by atoms with Crippen LogP contribution in [0.4, 0.5) is 0 Å². The third-order valence-corrected chi connectivity index (χ3v) is 4.73. The van der Waals surface area contributed by atoms with Gasteiger partial charge in [-0.15, -0.1) is 34.2 Å². The maximum atomic E-state index is 12.4. The van der Waals surface area contributed by atoms with Gasteiger partial charge in [0.25, 0.3) is 5.91 Å². The molecule has 3 aromatic rings. The van der Waals surface area contributed by atoms with Crippen LogP contribution < -0.4 is 10.6 Å². The summed E-state index contributed by atoms with van der Waals surface area (Å²) in [6.45, 7) is 6.49. The molecule has 3 rings (SSSR count). The molecule has 9 heteroatoms. The second kappa shape index (κ2) is 11.5. The van der Waals surface area contributed by atoms with E-state index in [1.165, 1.54) is 0 Å². The average molecular weight is 521 g/mol. The molecule has 0 aliphatic rings. The van der Waals surface area contributed by atoms with Crippen molar-refractivity contribution in [3.8, 4) is 0 Å². The van der Waals surface area contributed by atoms with Gasteiger partial charge in [0.2, 0.25) is 0 Å². The van der Waals surface area contributed by atoms with E-state index >= 15 is 0 Å². The number of carbonyl (C=O) groups excluding carboxylic acids is 1. The SMILES string of the molecule is CCN(CC)C(=O)c1ccc(CNC(=NC)NCc2nnc3ccccn23)cc1.I. The van der Waals surface area contributed by atoms with E-state index < -0.39 is 0 Å². The van der Waals surface area contributed by atoms with Crippen LogP contribution in [-0.4, -0.2) is 51.5 Å². The van der Waals surface area contributed by atoms with Crippen LogP contribution in [-0.2, 0) is 13.1 Å². The summed E-state index contributed by atoms with van der Waals surface area (Å²) in [5, 5.41) is 14.9. The molecule has 8 nitrogen and oxygen atoms in total. The molecule has 2 N–H and O–H groups in total. The fraction of sp³-hybridized carbons (Fsp3) is 0.333. The van der Waals surface area contributed by atoms with E-state index in [1.54, 1.807) is 7.05 Å². The normalized spacial score (nSPS) is 11.1. The summed E-state index contributed by atoms with van der Waals surface area (Å²) >= 11 is 0. The molecule has 30 heavy (non-hydrogen) atoms. The number of fused-ring (bicyclic) bond motifs is 1. The van der Waals surface area contributed by atoms with Crippen LogP contribution in [0, 0.1) is 0 Å². The number of rotatable bonds is 7. The van der Waals surface area contributed by atoms with Gasteiger partial charge in [0.05, 0.1) is 6.54 Å². The average Bonchev–Trinajstić information content (AvgIpc) is 3.18. The summed E-state index contributed by atoms with van der Waals surface area (Å²) in [6, 6.07) is 13.5. The molecule has 0 spiro atoms. The number of aliphatic imine (C=N–C) groups is 1. The van der Waals surface area contributed by atoms with Crippen LogP contribution in [0.2, 0.25) is 0 Å². The third-order valence-electron chi connectivity index (χ3n) is 4.73. The minimum absolute atomic E-state index is 0. The van der Waals surface area contributed by atoms with Crippen molar-refractivity contribution in [1.82, 2.24) is 30.1 Å². The lowest BCUT2D eigenvalue weighted by atomic mass is 10.1. The smallest absolute Gasteiger partial charge is 0.253 e. The van der Waals surface area contributed by atoms with E-state index in [0.717, 1.165) is 17.0 Å². The summed E-state index contributed by atoms with van der Waals surface area (Å²) in [4.78, 5) is 18.5. The van der Waals surface area contributed by atoms with Crippen LogP contribution in [0.5, 0.6) is 0 Å². The van der Waals surface area contributed by atoms with Gasteiger partial charge in [0.1, 0.15) is 0 Å². The van der Waals surface area contributed by atoms with Crippen LogP contribution >= 0.6 is 24.0 Å². The fourth-order valence-corrected chi connectivity index (χ4v) is 3.04. The molecule has 160 valence electrons. The molecule has 0 aliphatic heterocycles. The number of hydrogen-bond acceptors (Lipinski definition) is 4. The number of halogens is 1. The van der Waals surface area contributed by atoms with Gasteiger partial charge in [0.15, 0.2) is 17.4 Å². The van der Waals surface area contributed by atoms with Crippen molar-refractivity contribution >= 4 is 41.5 Å². The Hall–Kier alpha value is -2.69. The second-order valence-corrected chi connectivity index (χ2v) is 6.50. The minimum Gasteiger partial charge on any atom is -0.352 e. The number of amides is 1. The largest absolute Gasteiger partial charge is 0.352 e. The van der Waals surface area contributed by atoms with Crippen molar-refractivity contribution in [2.75, 3.05) is 20.1 Å². The van der Waals surface area contributed by atoms with Gasteiger partial charge in [-0.3, -0.25) is 14.2 Å². The molecule has 0 unspecified atom stereocenters. The molecule has 0 radical (unpaired) electrons. The number of pyridine rings is 1. The number of guanidine groups is 1. The standard InChI is InChI=1S/C21H27N7O.HI/c1-4-27(5-2)20(29)17-11-9-16(10-12-17)14-23-21(22-3)24-15-19-26-25-18-8-6-7-13-28(18)19;/h6-13H,4-5,14-15H2,1-3H3,(H2,22,23,24);1H. The molecule has 0 saturated carbocycles. The highest BCUT2D eigenvalue weighted by Gasteiger charge is 2.12. The van der Waals surface area contributed by atoms with Crippen LogP contribution in [0.1, 0.15) is 35.6 Å². The van der Waals surface area contributed by atoms with Crippen LogP contribution in [0.25, 0.3) is 5.65 Å². The lowest BCUT2D eigenvalue weighted by molar-refractivity contribution is 0.0773. The highest BCUT2D eigenvalue weighted by atomic mass is 127. The molecular formula is C21H28IN7O. The van der Waals surface area contributed by atoms with Gasteiger partial charge in [0, 0.05) is 38.4 Å². The van der Waals surface area contributed by atoms with E-state index in [2.05, 4.69) is 25.8 Å². The zero-order valence-electron chi connectivity index (χ0n) is 17.5. The highest BCUT2D eigenvalue weighted by Crippen LogP contribution is 2.08. The maximum Gasteiger partial charge on any atom is 0.253 e. The molecule has 2 aromatic heterocycles. The maximum absolute atomic E-state index is 12.4. The Labute approximate surface area is 193 Å². The summed E-state index contributed by atoms with van der Waals surface area (Å²) in [5.74, 6) is 1.54. The fourth-order valence-electron chi connectivity index (χ4n) is 3.04. The van der Waals surface area contributed by atoms with Crippen LogP contribution in [0.15, 0.2) is 53.7 Å². The molecule has 2 heterocycles. The minimum atomic E-state index is 0. The molecule has 1 amide bonds. The number of benzene rings is 1. The van der Waals surface area contributed by atoms with Gasteiger partial charge in [-0.1, -0.05) is 18.2 Å². The zero-order valence-corrected chi connectivity index (χ0v) is 19.8. The topological polar surface area (TPSA) is 86.9 Å². The first-order valence-electron chi connectivity index (χ1n) is 9.77. The van der Waals surface area contributed by atoms with Crippen molar-refractivity contribution in [1.29, 1.82) is 0 Å². The van der Waals surface area contributed by atoms with E-state index in [-0.39, 0.29) is 29.9 Å². The van der Waals surface area contributed by atoms with Crippen molar-refractivity contribution in [3.05, 3.63) is 65.6 Å². The monoisotopic (exact) mass is 521 g/mol. The van der Waals surface area contributed by atoms with Gasteiger partial charge in [-0.05, 0) is 43.7 Å². The summed E-state index contributed by atoms with van der Waals surface area (Å²) in [5.41, 5.74) is 2.59. The van der Waals surface area contributed by atoms with Crippen LogP contribution in [0.3, 0.4) is 0 Å². The van der Waals surface area contributed by atoms with Crippen molar-refractivity contribution in [2.45, 2.75) is 26.9 Å². The number of nitrogens with one attached hydrogen (secondary N) is 2. The Morgan fingerprint density at radius 3 is 2.40 bits per heavy atom. The van der Waals surface area contributed by atoms with Gasteiger partial charge in [-0.25, -0.2) is 0 Å².